The number of carbonyl (C=O) groups excluding carboxylic acids is 1. The van der Waals surface area contributed by atoms with Crippen LogP contribution in [0.2, 0.25) is 5.02 Å². The predicted molar refractivity (Wildman–Crippen MR) is 124 cm³/mol. The summed E-state index contributed by atoms with van der Waals surface area (Å²) < 4.78 is 16.5. The number of nitrogens with one attached hydrogen (secondary N) is 1. The van der Waals surface area contributed by atoms with E-state index < -0.39 is 0 Å². The summed E-state index contributed by atoms with van der Waals surface area (Å²) in [4.78, 5) is 21.5. The van der Waals surface area contributed by atoms with Crippen LogP contribution in [-0.2, 0) is 6.42 Å². The first-order valence-corrected chi connectivity index (χ1v) is 11.5. The van der Waals surface area contributed by atoms with E-state index in [0.717, 1.165) is 16.8 Å². The van der Waals surface area contributed by atoms with E-state index in [4.69, 9.17) is 25.8 Å². The average molecular weight is 472 g/mol. The van der Waals surface area contributed by atoms with Crippen LogP contribution in [0.4, 0.5) is 0 Å². The lowest BCUT2D eigenvalue weighted by Crippen LogP contribution is -2.34. The van der Waals surface area contributed by atoms with Gasteiger partial charge in [0, 0.05) is 23.7 Å². The SMILES string of the molecule is COc1ccc(OC)c(C(=O)NC[C@H]2Cc3cc(-c4ccnc(SC)n4)cc(Cl)c3O2)c1. The van der Waals surface area contributed by atoms with Gasteiger partial charge in [0.15, 0.2) is 5.16 Å². The van der Waals surface area contributed by atoms with Gasteiger partial charge < -0.3 is 19.5 Å². The molecule has 7 nitrogen and oxygen atoms in total. The first-order chi connectivity index (χ1) is 15.5. The van der Waals surface area contributed by atoms with Crippen LogP contribution in [0.15, 0.2) is 47.8 Å². The van der Waals surface area contributed by atoms with Crippen LogP contribution >= 0.6 is 23.4 Å². The minimum absolute atomic E-state index is 0.231. The van der Waals surface area contributed by atoms with E-state index in [2.05, 4.69) is 15.3 Å². The van der Waals surface area contributed by atoms with E-state index >= 15 is 0 Å². The van der Waals surface area contributed by atoms with Crippen molar-refractivity contribution in [3.8, 4) is 28.5 Å². The van der Waals surface area contributed by atoms with Crippen molar-refractivity contribution < 1.29 is 19.0 Å². The van der Waals surface area contributed by atoms with Gasteiger partial charge in [-0.1, -0.05) is 23.4 Å². The van der Waals surface area contributed by atoms with E-state index in [1.807, 2.05) is 24.5 Å². The Labute approximate surface area is 195 Å². The third-order valence-corrected chi connectivity index (χ3v) is 5.95. The summed E-state index contributed by atoms with van der Waals surface area (Å²) in [5.74, 6) is 1.43. The van der Waals surface area contributed by atoms with Gasteiger partial charge in [0.2, 0.25) is 0 Å². The lowest BCUT2D eigenvalue weighted by Gasteiger charge is -2.14. The molecule has 9 heteroatoms. The van der Waals surface area contributed by atoms with Crippen molar-refractivity contribution >= 4 is 29.3 Å². The van der Waals surface area contributed by atoms with Crippen LogP contribution in [0.1, 0.15) is 15.9 Å². The number of carbonyl (C=O) groups is 1. The molecule has 1 N–H and O–H groups in total. The molecular formula is C23H22ClN3O4S. The highest BCUT2D eigenvalue weighted by Crippen LogP contribution is 2.39. The summed E-state index contributed by atoms with van der Waals surface area (Å²) >= 11 is 7.99. The van der Waals surface area contributed by atoms with E-state index in [1.165, 1.54) is 18.9 Å². The fourth-order valence-corrected chi connectivity index (χ4v) is 4.18. The number of amides is 1. The molecule has 0 aliphatic carbocycles. The highest BCUT2D eigenvalue weighted by Gasteiger charge is 2.27. The number of nitrogens with zero attached hydrogens (tertiary/aromatic N) is 2. The zero-order valence-electron chi connectivity index (χ0n) is 17.8. The predicted octanol–water partition coefficient (Wildman–Crippen LogP) is 4.27. The maximum atomic E-state index is 12.7. The number of hydrogen-bond donors (Lipinski definition) is 1. The van der Waals surface area contributed by atoms with Gasteiger partial charge in [-0.15, -0.1) is 0 Å². The summed E-state index contributed by atoms with van der Waals surface area (Å²) in [7, 11) is 3.07. The zero-order valence-corrected chi connectivity index (χ0v) is 19.4. The van der Waals surface area contributed by atoms with E-state index in [-0.39, 0.29) is 12.0 Å². The molecular weight excluding hydrogens is 450 g/mol. The Hall–Kier alpha value is -2.97. The number of rotatable bonds is 7. The van der Waals surface area contributed by atoms with Crippen molar-refractivity contribution in [3.05, 3.63) is 58.7 Å². The second kappa shape index (κ2) is 9.67. The summed E-state index contributed by atoms with van der Waals surface area (Å²) in [6.07, 6.45) is 4.06. The second-order valence-corrected chi connectivity index (χ2v) is 8.28. The van der Waals surface area contributed by atoms with Crippen LogP contribution in [0.5, 0.6) is 17.2 Å². The highest BCUT2D eigenvalue weighted by atomic mass is 35.5. The summed E-state index contributed by atoms with van der Waals surface area (Å²) in [5, 5.41) is 4.13. The van der Waals surface area contributed by atoms with Crippen molar-refractivity contribution in [1.29, 1.82) is 0 Å². The minimum Gasteiger partial charge on any atom is -0.497 e. The van der Waals surface area contributed by atoms with Gasteiger partial charge in [-0.05, 0) is 42.7 Å². The molecule has 4 rings (SSSR count). The normalized spacial score (nSPS) is 14.4. The Bertz CT molecular complexity index is 1160. The van der Waals surface area contributed by atoms with Gasteiger partial charge in [-0.2, -0.15) is 0 Å². The quantitative estimate of drug-likeness (QED) is 0.407. The lowest BCUT2D eigenvalue weighted by molar-refractivity contribution is 0.0930. The van der Waals surface area contributed by atoms with Crippen molar-refractivity contribution in [2.75, 3.05) is 27.0 Å². The maximum absolute atomic E-state index is 12.7. The molecule has 0 unspecified atom stereocenters. The number of methoxy groups -OCH3 is 2. The van der Waals surface area contributed by atoms with E-state index in [0.29, 0.717) is 46.0 Å². The molecule has 166 valence electrons. The Balaban J connectivity index is 1.47. The molecule has 1 aliphatic rings. The largest absolute Gasteiger partial charge is 0.497 e. The average Bonchev–Trinajstić information content (AvgIpc) is 3.25. The fourth-order valence-electron chi connectivity index (χ4n) is 3.54. The smallest absolute Gasteiger partial charge is 0.255 e. The Morgan fingerprint density at radius 1 is 1.25 bits per heavy atom. The van der Waals surface area contributed by atoms with Crippen LogP contribution in [0.3, 0.4) is 0 Å². The monoisotopic (exact) mass is 471 g/mol. The second-order valence-electron chi connectivity index (χ2n) is 7.10. The van der Waals surface area contributed by atoms with Crippen LogP contribution in [0, 0.1) is 0 Å². The first kappa shape index (κ1) is 22.2. The molecule has 1 amide bonds. The molecule has 0 saturated carbocycles. The molecule has 32 heavy (non-hydrogen) atoms. The molecule has 1 aromatic heterocycles. The third kappa shape index (κ3) is 4.61. The number of halogens is 1. The Kier molecular flexibility index (Phi) is 6.72. The van der Waals surface area contributed by atoms with Gasteiger partial charge in [0.1, 0.15) is 23.4 Å². The third-order valence-electron chi connectivity index (χ3n) is 5.11. The molecule has 0 radical (unpaired) electrons. The van der Waals surface area contributed by atoms with Crippen molar-refractivity contribution in [1.82, 2.24) is 15.3 Å². The van der Waals surface area contributed by atoms with Gasteiger partial charge in [-0.3, -0.25) is 4.79 Å². The zero-order chi connectivity index (χ0) is 22.7. The molecule has 3 aromatic rings. The number of fused-ring (bicyclic) bond motifs is 1. The number of aromatic nitrogens is 2. The van der Waals surface area contributed by atoms with Gasteiger partial charge in [0.05, 0.1) is 37.0 Å². The number of hydrogen-bond acceptors (Lipinski definition) is 7. The number of ether oxygens (including phenoxy) is 3. The van der Waals surface area contributed by atoms with Crippen LogP contribution in [-0.4, -0.2) is 49.0 Å². The van der Waals surface area contributed by atoms with E-state index in [9.17, 15) is 4.79 Å². The van der Waals surface area contributed by atoms with Gasteiger partial charge in [-0.25, -0.2) is 9.97 Å². The van der Waals surface area contributed by atoms with Crippen molar-refractivity contribution in [2.45, 2.75) is 17.7 Å². The number of thioether (sulfide) groups is 1. The minimum atomic E-state index is -0.266. The molecule has 1 aliphatic heterocycles. The molecule has 2 aromatic carbocycles. The summed E-state index contributed by atoms with van der Waals surface area (Å²) in [5.41, 5.74) is 3.09. The molecule has 0 bridgehead atoms. The standard InChI is InChI=1S/C23H22ClN3O4S/c1-29-15-4-5-20(30-2)17(11-15)22(28)26-12-16-9-14-8-13(10-18(24)21(14)31-16)19-6-7-25-23(27-19)32-3/h4-8,10-11,16H,9,12H2,1-3H3,(H,26,28)/t16-/m1/s1. The van der Waals surface area contributed by atoms with Gasteiger partial charge in [0.25, 0.3) is 5.91 Å². The highest BCUT2D eigenvalue weighted by molar-refractivity contribution is 7.98. The summed E-state index contributed by atoms with van der Waals surface area (Å²) in [6, 6.07) is 10.8. The first-order valence-electron chi connectivity index (χ1n) is 9.89. The van der Waals surface area contributed by atoms with Crippen LogP contribution in [0.25, 0.3) is 11.3 Å². The molecule has 2 heterocycles. The Morgan fingerprint density at radius 3 is 2.84 bits per heavy atom. The fraction of sp³-hybridized carbons (Fsp3) is 0.261. The van der Waals surface area contributed by atoms with Crippen molar-refractivity contribution in [3.63, 3.8) is 0 Å². The molecule has 0 saturated heterocycles. The Morgan fingerprint density at radius 2 is 2.09 bits per heavy atom. The van der Waals surface area contributed by atoms with E-state index in [1.54, 1.807) is 31.5 Å². The molecule has 1 atom stereocenters. The van der Waals surface area contributed by atoms with Crippen LogP contribution < -0.4 is 19.5 Å². The van der Waals surface area contributed by atoms with Gasteiger partial charge >= 0.3 is 0 Å². The summed E-state index contributed by atoms with van der Waals surface area (Å²) in [6.45, 7) is 0.323. The topological polar surface area (TPSA) is 82.6 Å². The molecule has 0 fully saturated rings. The maximum Gasteiger partial charge on any atom is 0.255 e. The lowest BCUT2D eigenvalue weighted by atomic mass is 10.0. The van der Waals surface area contributed by atoms with Crippen molar-refractivity contribution in [2.24, 2.45) is 0 Å². The molecule has 0 spiro atoms. The number of benzene rings is 2.